The molecule has 0 bridgehead atoms. The maximum Gasteiger partial charge on any atom is 0.257 e. The number of carbonyl (C=O) groups is 2. The minimum atomic E-state index is -0.0928. The van der Waals surface area contributed by atoms with Gasteiger partial charge < -0.3 is 14.3 Å². The molecule has 0 saturated carbocycles. The summed E-state index contributed by atoms with van der Waals surface area (Å²) in [5, 5.41) is 6.13. The molecule has 1 fully saturated rings. The summed E-state index contributed by atoms with van der Waals surface area (Å²) < 4.78 is 5.36. The second-order valence-corrected chi connectivity index (χ2v) is 8.81. The molecule has 3 aromatic carbocycles. The zero-order chi connectivity index (χ0) is 23.7. The van der Waals surface area contributed by atoms with Crippen LogP contribution in [0.5, 0.6) is 0 Å². The highest BCUT2D eigenvalue weighted by Crippen LogP contribution is 2.21. The van der Waals surface area contributed by atoms with Gasteiger partial charge in [0, 0.05) is 36.8 Å². The van der Waals surface area contributed by atoms with Gasteiger partial charge in [-0.2, -0.15) is 4.98 Å². The molecule has 1 aromatic heterocycles. The van der Waals surface area contributed by atoms with E-state index in [1.165, 1.54) is 0 Å². The van der Waals surface area contributed by atoms with Crippen molar-refractivity contribution in [2.24, 2.45) is 0 Å². The first-order valence-electron chi connectivity index (χ1n) is 11.4. The molecule has 0 aliphatic carbocycles. The van der Waals surface area contributed by atoms with Gasteiger partial charge in [-0.05, 0) is 48.9 Å². The van der Waals surface area contributed by atoms with E-state index in [1.807, 2.05) is 85.5 Å². The van der Waals surface area contributed by atoms with Crippen molar-refractivity contribution < 1.29 is 14.1 Å². The van der Waals surface area contributed by atoms with Crippen molar-refractivity contribution in [3.63, 3.8) is 0 Å². The van der Waals surface area contributed by atoms with E-state index in [2.05, 4.69) is 10.1 Å². The van der Waals surface area contributed by atoms with Crippen molar-refractivity contribution in [1.82, 2.24) is 19.9 Å². The van der Waals surface area contributed by atoms with Gasteiger partial charge in [-0.3, -0.25) is 9.59 Å². The van der Waals surface area contributed by atoms with Gasteiger partial charge in [0.1, 0.15) is 0 Å². The Labute approximate surface area is 198 Å². The number of hydrogen-bond acceptors (Lipinski definition) is 5. The summed E-state index contributed by atoms with van der Waals surface area (Å²) in [6.45, 7) is 5.41. The van der Waals surface area contributed by atoms with Gasteiger partial charge in [0.05, 0.1) is 6.42 Å². The third-order valence-corrected chi connectivity index (χ3v) is 6.28. The van der Waals surface area contributed by atoms with Crippen molar-refractivity contribution in [2.75, 3.05) is 19.6 Å². The number of rotatable bonds is 4. The van der Waals surface area contributed by atoms with Crippen molar-refractivity contribution >= 4 is 22.6 Å². The molecule has 1 atom stereocenters. The number of carbonyl (C=O) groups excluding carboxylic acids is 2. The van der Waals surface area contributed by atoms with E-state index >= 15 is 0 Å². The molecule has 7 nitrogen and oxygen atoms in total. The molecule has 2 heterocycles. The van der Waals surface area contributed by atoms with E-state index in [-0.39, 0.29) is 24.3 Å². The van der Waals surface area contributed by atoms with E-state index in [0.717, 1.165) is 21.9 Å². The fraction of sp³-hybridized carbons (Fsp3) is 0.259. The van der Waals surface area contributed by atoms with Gasteiger partial charge in [-0.1, -0.05) is 53.2 Å². The van der Waals surface area contributed by atoms with Crippen LogP contribution < -0.4 is 0 Å². The number of aryl methyl sites for hydroxylation is 1. The number of fused-ring (bicyclic) bond motifs is 1. The number of piperazine rings is 1. The predicted molar refractivity (Wildman–Crippen MR) is 129 cm³/mol. The smallest absolute Gasteiger partial charge is 0.257 e. The lowest BCUT2D eigenvalue weighted by molar-refractivity contribution is -0.133. The van der Waals surface area contributed by atoms with Crippen LogP contribution in [0, 0.1) is 6.92 Å². The lowest BCUT2D eigenvalue weighted by Crippen LogP contribution is -2.55. The highest BCUT2D eigenvalue weighted by atomic mass is 16.5. The Balaban J connectivity index is 1.22. The van der Waals surface area contributed by atoms with Crippen LogP contribution in [-0.2, 0) is 11.2 Å². The first-order chi connectivity index (χ1) is 16.5. The molecular weight excluding hydrogens is 428 g/mol. The molecule has 1 saturated heterocycles. The monoisotopic (exact) mass is 454 g/mol. The predicted octanol–water partition coefficient (Wildman–Crippen LogP) is 4.11. The van der Waals surface area contributed by atoms with Crippen LogP contribution in [0.3, 0.4) is 0 Å². The van der Waals surface area contributed by atoms with Crippen LogP contribution in [0.25, 0.3) is 22.2 Å². The highest BCUT2D eigenvalue weighted by molar-refractivity contribution is 5.99. The quantitative estimate of drug-likeness (QED) is 0.464. The Hall–Kier alpha value is -4.00. The number of hydrogen-bond donors (Lipinski definition) is 0. The summed E-state index contributed by atoms with van der Waals surface area (Å²) in [7, 11) is 0. The number of nitrogens with zero attached hydrogens (tertiary/aromatic N) is 4. The molecule has 1 unspecified atom stereocenters. The van der Waals surface area contributed by atoms with Crippen molar-refractivity contribution in [2.45, 2.75) is 26.3 Å². The van der Waals surface area contributed by atoms with Gasteiger partial charge in [0.25, 0.3) is 11.8 Å². The molecule has 172 valence electrons. The molecule has 4 aromatic rings. The lowest BCUT2D eigenvalue weighted by Gasteiger charge is -2.40. The molecule has 1 aliphatic rings. The zero-order valence-corrected chi connectivity index (χ0v) is 19.3. The Kier molecular flexibility index (Phi) is 5.84. The second-order valence-electron chi connectivity index (χ2n) is 8.81. The first kappa shape index (κ1) is 21.8. The summed E-state index contributed by atoms with van der Waals surface area (Å²) in [4.78, 5) is 34.1. The van der Waals surface area contributed by atoms with Gasteiger partial charge in [0.2, 0.25) is 5.91 Å². The van der Waals surface area contributed by atoms with Crippen LogP contribution in [0.4, 0.5) is 0 Å². The molecule has 2 amide bonds. The van der Waals surface area contributed by atoms with E-state index in [9.17, 15) is 9.59 Å². The fourth-order valence-corrected chi connectivity index (χ4v) is 4.44. The Morgan fingerprint density at radius 1 is 1.00 bits per heavy atom. The van der Waals surface area contributed by atoms with E-state index in [4.69, 9.17) is 4.52 Å². The fourth-order valence-electron chi connectivity index (χ4n) is 4.44. The molecule has 0 spiro atoms. The molecule has 0 radical (unpaired) electrons. The number of amides is 2. The van der Waals surface area contributed by atoms with Crippen LogP contribution in [-0.4, -0.2) is 57.4 Å². The molecule has 1 aliphatic heterocycles. The zero-order valence-electron chi connectivity index (χ0n) is 19.3. The Morgan fingerprint density at radius 3 is 2.62 bits per heavy atom. The van der Waals surface area contributed by atoms with Crippen molar-refractivity contribution in [1.29, 1.82) is 0 Å². The summed E-state index contributed by atoms with van der Waals surface area (Å²) >= 11 is 0. The highest BCUT2D eigenvalue weighted by Gasteiger charge is 2.31. The Morgan fingerprint density at radius 2 is 1.82 bits per heavy atom. The van der Waals surface area contributed by atoms with Crippen LogP contribution >= 0.6 is 0 Å². The van der Waals surface area contributed by atoms with E-state index < -0.39 is 0 Å². The lowest BCUT2D eigenvalue weighted by atomic mass is 10.0. The van der Waals surface area contributed by atoms with E-state index in [0.29, 0.717) is 36.9 Å². The maximum atomic E-state index is 13.2. The normalized spacial score (nSPS) is 16.1. The van der Waals surface area contributed by atoms with E-state index in [1.54, 1.807) is 4.90 Å². The largest absolute Gasteiger partial charge is 0.338 e. The summed E-state index contributed by atoms with van der Waals surface area (Å²) in [6.07, 6.45) is 0.0701. The van der Waals surface area contributed by atoms with Gasteiger partial charge >= 0.3 is 0 Å². The number of aromatic nitrogens is 2. The van der Waals surface area contributed by atoms with Crippen molar-refractivity contribution in [3.8, 4) is 11.5 Å². The minimum absolute atomic E-state index is 0.00804. The number of benzene rings is 3. The molecule has 7 heteroatoms. The van der Waals surface area contributed by atoms with Gasteiger partial charge in [-0.15, -0.1) is 0 Å². The first-order valence-corrected chi connectivity index (χ1v) is 11.4. The SMILES string of the molecule is Cc1cccc(-c2nc(CC(=O)N3CCN(C(=O)c4ccc5ccccc5c4)C(C)C3)no2)c1. The average Bonchev–Trinajstić information content (AvgIpc) is 3.32. The molecule has 0 N–H and O–H groups in total. The van der Waals surface area contributed by atoms with Crippen LogP contribution in [0.2, 0.25) is 0 Å². The topological polar surface area (TPSA) is 79.5 Å². The van der Waals surface area contributed by atoms with Gasteiger partial charge in [0.15, 0.2) is 5.82 Å². The summed E-state index contributed by atoms with van der Waals surface area (Å²) in [5.41, 5.74) is 2.60. The maximum absolute atomic E-state index is 13.2. The average molecular weight is 455 g/mol. The molecular formula is C27H26N4O3. The third-order valence-electron chi connectivity index (χ3n) is 6.28. The van der Waals surface area contributed by atoms with Gasteiger partial charge in [-0.25, -0.2) is 0 Å². The molecule has 5 rings (SSSR count). The Bertz CT molecular complexity index is 1360. The second kappa shape index (κ2) is 9.09. The third kappa shape index (κ3) is 4.41. The standard InChI is InChI=1S/C27H26N4O3/c1-18-6-5-9-22(14-18)26-28-24(29-34-26)16-25(32)30-12-13-31(19(2)17-30)27(33)23-11-10-20-7-3-4-8-21(20)15-23/h3-11,14-15,19H,12-13,16-17H2,1-2H3. The van der Waals surface area contributed by atoms with Crippen molar-refractivity contribution in [3.05, 3.63) is 83.7 Å². The minimum Gasteiger partial charge on any atom is -0.338 e. The van der Waals surface area contributed by atoms with Crippen LogP contribution in [0.1, 0.15) is 28.7 Å². The summed E-state index contributed by atoms with van der Waals surface area (Å²) in [5.74, 6) is 0.696. The van der Waals surface area contributed by atoms with Crippen LogP contribution in [0.15, 0.2) is 71.3 Å². The summed E-state index contributed by atoms with van der Waals surface area (Å²) in [6, 6.07) is 21.5. The molecule has 34 heavy (non-hydrogen) atoms.